The third-order valence-electron chi connectivity index (χ3n) is 5.45. The maximum atomic E-state index is 10.9. The number of rotatable bonds is 5. The van der Waals surface area contributed by atoms with Crippen molar-refractivity contribution in [2.24, 2.45) is 5.92 Å². The number of nitrogens with zero attached hydrogens (tertiary/aromatic N) is 2. The second-order valence-corrected chi connectivity index (χ2v) is 10.9. The summed E-state index contributed by atoms with van der Waals surface area (Å²) in [5.74, 6) is -0.888. The zero-order chi connectivity index (χ0) is 20.6. The van der Waals surface area contributed by atoms with Gasteiger partial charge in [0.25, 0.3) is 0 Å². The normalized spacial score (nSPS) is 15.3. The van der Waals surface area contributed by atoms with Crippen molar-refractivity contribution < 1.29 is 9.90 Å². The molecule has 0 unspecified atom stereocenters. The summed E-state index contributed by atoms with van der Waals surface area (Å²) in [6.45, 7) is 8.81. The molecule has 3 aromatic rings. The fourth-order valence-corrected chi connectivity index (χ4v) is 5.49. The van der Waals surface area contributed by atoms with Crippen LogP contribution < -0.4 is 0 Å². The molecule has 2 aromatic carbocycles. The molecule has 0 atom stereocenters. The molecule has 1 aromatic heterocycles. The minimum atomic E-state index is -0.686. The quantitative estimate of drug-likeness (QED) is 0.586. The van der Waals surface area contributed by atoms with Crippen molar-refractivity contribution >= 4 is 20.5 Å². The second-order valence-electron chi connectivity index (χ2n) is 8.78. The Morgan fingerprint density at radius 2 is 1.69 bits per heavy atom. The molecular weight excluding hydrogens is 427 g/mol. The van der Waals surface area contributed by atoms with Crippen molar-refractivity contribution in [1.82, 2.24) is 9.88 Å². The first-order valence-electron chi connectivity index (χ1n) is 9.91. The van der Waals surface area contributed by atoms with Gasteiger partial charge in [0.05, 0.1) is 0 Å². The molecule has 4 nitrogen and oxygen atoms in total. The van der Waals surface area contributed by atoms with Crippen LogP contribution in [-0.2, 0) is 16.8 Å². The van der Waals surface area contributed by atoms with E-state index in [1.54, 1.807) is 0 Å². The topological polar surface area (TPSA) is 53.4 Å². The number of aliphatic carboxylic acids is 1. The van der Waals surface area contributed by atoms with Crippen molar-refractivity contribution in [3.05, 3.63) is 65.9 Å². The van der Waals surface area contributed by atoms with E-state index in [0.717, 1.165) is 11.1 Å². The Balaban J connectivity index is 1.42. The van der Waals surface area contributed by atoms with Crippen LogP contribution in [0.25, 0.3) is 20.1 Å². The molecule has 1 fully saturated rings. The van der Waals surface area contributed by atoms with Crippen LogP contribution in [-0.4, -0.2) is 48.6 Å². The van der Waals surface area contributed by atoms with E-state index in [2.05, 4.69) is 79.2 Å². The first-order valence-corrected chi connectivity index (χ1v) is 11.6. The van der Waals surface area contributed by atoms with Gasteiger partial charge in [0.1, 0.15) is 0 Å². The van der Waals surface area contributed by atoms with E-state index >= 15 is 0 Å². The van der Waals surface area contributed by atoms with Crippen LogP contribution >= 0.6 is 0 Å². The van der Waals surface area contributed by atoms with Gasteiger partial charge in [0, 0.05) is 0 Å². The van der Waals surface area contributed by atoms with Crippen molar-refractivity contribution in [2.75, 3.05) is 13.1 Å². The summed E-state index contributed by atoms with van der Waals surface area (Å²) in [5.41, 5.74) is 5.18. The standard InChI is InChI=1S/C24H26N2O2Se/c1-24(2,3)20-10-8-17(9-11-20)21-12-25-22(29-21)18-6-4-16(5-7-18)13-26-14-19(15-26)23(27)28/h4-12,19H,13-15H2,1-3H3,(H,27,28). The van der Waals surface area contributed by atoms with Crippen LogP contribution in [0.15, 0.2) is 54.7 Å². The molecule has 0 saturated carbocycles. The van der Waals surface area contributed by atoms with Crippen LogP contribution in [0.1, 0.15) is 31.9 Å². The van der Waals surface area contributed by atoms with Crippen LogP contribution in [0, 0.1) is 5.92 Å². The van der Waals surface area contributed by atoms with Gasteiger partial charge in [-0.3, -0.25) is 0 Å². The van der Waals surface area contributed by atoms with Crippen molar-refractivity contribution in [3.8, 4) is 20.1 Å². The molecule has 1 saturated heterocycles. The Bertz CT molecular complexity index is 995. The average molecular weight is 453 g/mol. The first kappa shape index (κ1) is 20.1. The van der Waals surface area contributed by atoms with E-state index in [1.807, 2.05) is 6.20 Å². The van der Waals surface area contributed by atoms with E-state index in [-0.39, 0.29) is 25.8 Å². The average Bonchev–Trinajstić information content (AvgIpc) is 3.14. The fraction of sp³-hybridized carbons (Fsp3) is 0.333. The summed E-state index contributed by atoms with van der Waals surface area (Å²) in [7, 11) is 0. The number of benzene rings is 2. The molecule has 29 heavy (non-hydrogen) atoms. The van der Waals surface area contributed by atoms with Crippen LogP contribution in [0.5, 0.6) is 0 Å². The Labute approximate surface area is 178 Å². The maximum absolute atomic E-state index is 10.9. The number of carboxylic acid groups (broad SMARTS) is 1. The van der Waals surface area contributed by atoms with E-state index in [1.165, 1.54) is 26.7 Å². The minimum absolute atomic E-state index is 0.168. The Kier molecular flexibility index (Phi) is 5.48. The Morgan fingerprint density at radius 1 is 1.07 bits per heavy atom. The van der Waals surface area contributed by atoms with Gasteiger partial charge in [-0.25, -0.2) is 0 Å². The molecule has 0 spiro atoms. The Hall–Kier alpha value is -2.20. The van der Waals surface area contributed by atoms with Gasteiger partial charge < -0.3 is 0 Å². The summed E-state index contributed by atoms with van der Waals surface area (Å²) in [6, 6.07) is 17.4. The molecular formula is C24H26N2O2Se. The number of carbonyl (C=O) groups is 1. The zero-order valence-corrected chi connectivity index (χ0v) is 18.8. The molecule has 0 radical (unpaired) electrons. The summed E-state index contributed by atoms with van der Waals surface area (Å²) in [5, 5.41) is 8.98. The van der Waals surface area contributed by atoms with Gasteiger partial charge in [0.15, 0.2) is 0 Å². The third-order valence-corrected chi connectivity index (χ3v) is 7.75. The second kappa shape index (κ2) is 7.91. The fourth-order valence-electron chi connectivity index (χ4n) is 3.54. The summed E-state index contributed by atoms with van der Waals surface area (Å²) >= 11 is 0.205. The third kappa shape index (κ3) is 4.53. The predicted octanol–water partition coefficient (Wildman–Crippen LogP) is 4.29. The van der Waals surface area contributed by atoms with Crippen LogP contribution in [0.2, 0.25) is 0 Å². The van der Waals surface area contributed by atoms with Gasteiger partial charge >= 0.3 is 178 Å². The molecule has 4 rings (SSSR count). The predicted molar refractivity (Wildman–Crippen MR) is 117 cm³/mol. The van der Waals surface area contributed by atoms with E-state index in [4.69, 9.17) is 5.11 Å². The number of hydrogen-bond donors (Lipinski definition) is 1. The van der Waals surface area contributed by atoms with E-state index < -0.39 is 5.97 Å². The number of likely N-dealkylation sites (tertiary alicyclic amines) is 1. The van der Waals surface area contributed by atoms with Gasteiger partial charge in [-0.2, -0.15) is 0 Å². The molecule has 0 aliphatic carbocycles. The summed E-state index contributed by atoms with van der Waals surface area (Å²) in [6.07, 6.45) is 2.02. The van der Waals surface area contributed by atoms with Gasteiger partial charge in [0.2, 0.25) is 0 Å². The molecule has 0 bridgehead atoms. The molecule has 0 amide bonds. The number of hydrogen-bond acceptors (Lipinski definition) is 3. The molecule has 1 aliphatic heterocycles. The summed E-state index contributed by atoms with van der Waals surface area (Å²) < 4.78 is 2.48. The van der Waals surface area contributed by atoms with Crippen molar-refractivity contribution in [3.63, 3.8) is 0 Å². The van der Waals surface area contributed by atoms with Gasteiger partial charge in [-0.05, 0) is 0 Å². The van der Waals surface area contributed by atoms with E-state index in [9.17, 15) is 4.79 Å². The van der Waals surface area contributed by atoms with Crippen LogP contribution in [0.3, 0.4) is 0 Å². The van der Waals surface area contributed by atoms with Crippen LogP contribution in [0.4, 0.5) is 0 Å². The van der Waals surface area contributed by atoms with Crippen molar-refractivity contribution in [1.29, 1.82) is 0 Å². The molecule has 1 N–H and O–H groups in total. The summed E-state index contributed by atoms with van der Waals surface area (Å²) in [4.78, 5) is 17.8. The first-order chi connectivity index (χ1) is 13.8. The molecule has 2 heterocycles. The van der Waals surface area contributed by atoms with E-state index in [0.29, 0.717) is 13.1 Å². The Morgan fingerprint density at radius 3 is 2.28 bits per heavy atom. The van der Waals surface area contributed by atoms with Crippen molar-refractivity contribution in [2.45, 2.75) is 32.7 Å². The SMILES string of the molecule is CC(C)(C)c1ccc(-c2cnc(-c3ccc(CN4CC(C(=O)O)C4)cc3)[se]2)cc1. The molecule has 5 heteroatoms. The number of aromatic nitrogens is 1. The zero-order valence-electron chi connectivity index (χ0n) is 17.1. The molecule has 150 valence electrons. The van der Waals surface area contributed by atoms with Gasteiger partial charge in [-0.1, -0.05) is 0 Å². The number of carboxylic acids is 1. The van der Waals surface area contributed by atoms with Gasteiger partial charge in [-0.15, -0.1) is 0 Å². The molecule has 1 aliphatic rings. The monoisotopic (exact) mass is 454 g/mol.